The van der Waals surface area contributed by atoms with Gasteiger partial charge in [-0.1, -0.05) is 41.4 Å². The third-order valence-corrected chi connectivity index (χ3v) is 4.11. The molecule has 0 saturated carbocycles. The molecule has 0 unspecified atom stereocenters. The number of ketones is 3. The summed E-state index contributed by atoms with van der Waals surface area (Å²) in [5, 5.41) is 0.675. The first-order valence-corrected chi connectivity index (χ1v) is 7.83. The van der Waals surface area contributed by atoms with Gasteiger partial charge in [-0.2, -0.15) is 0 Å². The molecule has 0 aliphatic heterocycles. The van der Waals surface area contributed by atoms with Crippen LogP contribution >= 0.6 is 23.2 Å². The van der Waals surface area contributed by atoms with Crippen LogP contribution in [0.4, 0.5) is 0 Å². The van der Waals surface area contributed by atoms with Gasteiger partial charge in [0.15, 0.2) is 5.78 Å². The SMILES string of the molecule is COc1cccc(C(=O)CC(=O)C(=O)Cc2ccc(Cl)c(Cl)c2)c1. The number of benzene rings is 2. The normalized spacial score (nSPS) is 10.3. The fourth-order valence-corrected chi connectivity index (χ4v) is 2.40. The van der Waals surface area contributed by atoms with Gasteiger partial charge in [-0.05, 0) is 29.8 Å². The first-order valence-electron chi connectivity index (χ1n) is 7.08. The van der Waals surface area contributed by atoms with Gasteiger partial charge in [-0.15, -0.1) is 0 Å². The summed E-state index contributed by atoms with van der Waals surface area (Å²) in [6, 6.07) is 11.1. The van der Waals surface area contributed by atoms with Crippen LogP contribution in [0.25, 0.3) is 0 Å². The molecule has 2 rings (SSSR count). The van der Waals surface area contributed by atoms with Crippen molar-refractivity contribution < 1.29 is 19.1 Å². The summed E-state index contributed by atoms with van der Waals surface area (Å²) in [5.41, 5.74) is 0.890. The first-order chi connectivity index (χ1) is 11.4. The minimum Gasteiger partial charge on any atom is -0.497 e. The highest BCUT2D eigenvalue weighted by Gasteiger charge is 2.19. The lowest BCUT2D eigenvalue weighted by molar-refractivity contribution is -0.135. The lowest BCUT2D eigenvalue weighted by Gasteiger charge is -2.04. The second-order valence-electron chi connectivity index (χ2n) is 5.10. The van der Waals surface area contributed by atoms with Crippen LogP contribution in [0.5, 0.6) is 5.75 Å². The Kier molecular flexibility index (Phi) is 6.12. The van der Waals surface area contributed by atoms with E-state index in [1.165, 1.54) is 19.2 Å². The van der Waals surface area contributed by atoms with Crippen molar-refractivity contribution in [2.75, 3.05) is 7.11 Å². The zero-order chi connectivity index (χ0) is 17.7. The highest BCUT2D eigenvalue weighted by molar-refractivity contribution is 6.43. The average molecular weight is 365 g/mol. The van der Waals surface area contributed by atoms with E-state index in [0.29, 0.717) is 26.9 Å². The molecule has 0 N–H and O–H groups in total. The van der Waals surface area contributed by atoms with Crippen LogP contribution < -0.4 is 4.74 Å². The summed E-state index contributed by atoms with van der Waals surface area (Å²) in [6.45, 7) is 0. The number of hydrogen-bond acceptors (Lipinski definition) is 4. The van der Waals surface area contributed by atoms with Gasteiger partial charge >= 0.3 is 0 Å². The van der Waals surface area contributed by atoms with Crippen LogP contribution in [0.15, 0.2) is 42.5 Å². The lowest BCUT2D eigenvalue weighted by Crippen LogP contribution is -2.20. The van der Waals surface area contributed by atoms with Crippen molar-refractivity contribution in [3.63, 3.8) is 0 Å². The monoisotopic (exact) mass is 364 g/mol. The second kappa shape index (κ2) is 8.08. The zero-order valence-corrected chi connectivity index (χ0v) is 14.4. The van der Waals surface area contributed by atoms with Crippen LogP contribution in [0.3, 0.4) is 0 Å². The van der Waals surface area contributed by atoms with Crippen LogP contribution in [0.2, 0.25) is 10.0 Å². The summed E-state index contributed by atoms with van der Waals surface area (Å²) in [7, 11) is 1.48. The van der Waals surface area contributed by atoms with Crippen molar-refractivity contribution in [3.8, 4) is 5.75 Å². The van der Waals surface area contributed by atoms with Crippen LogP contribution in [-0.2, 0) is 16.0 Å². The standard InChI is InChI=1S/C18H14Cl2O4/c1-24-13-4-2-3-12(9-13)16(21)10-18(23)17(22)8-11-5-6-14(19)15(20)7-11/h2-7,9H,8,10H2,1H3. The van der Waals surface area contributed by atoms with Gasteiger partial charge in [0.05, 0.1) is 23.6 Å². The number of methoxy groups -OCH3 is 1. The van der Waals surface area contributed by atoms with Crippen LogP contribution in [0.1, 0.15) is 22.3 Å². The average Bonchev–Trinajstić information content (AvgIpc) is 2.58. The third kappa shape index (κ3) is 4.66. The predicted molar refractivity (Wildman–Crippen MR) is 92.1 cm³/mol. The Morgan fingerprint density at radius 1 is 0.958 bits per heavy atom. The molecule has 6 heteroatoms. The maximum atomic E-state index is 12.1. The molecule has 0 bridgehead atoms. The molecule has 24 heavy (non-hydrogen) atoms. The van der Waals surface area contributed by atoms with Crippen molar-refractivity contribution >= 4 is 40.6 Å². The Morgan fingerprint density at radius 3 is 2.38 bits per heavy atom. The summed E-state index contributed by atoms with van der Waals surface area (Å²) >= 11 is 11.7. The molecule has 0 aliphatic carbocycles. The van der Waals surface area contributed by atoms with E-state index in [9.17, 15) is 14.4 Å². The molecule has 0 atom stereocenters. The maximum Gasteiger partial charge on any atom is 0.206 e. The van der Waals surface area contributed by atoms with E-state index >= 15 is 0 Å². The second-order valence-corrected chi connectivity index (χ2v) is 5.92. The van der Waals surface area contributed by atoms with E-state index in [1.807, 2.05) is 0 Å². The summed E-state index contributed by atoms with van der Waals surface area (Å²) < 4.78 is 5.03. The van der Waals surface area contributed by atoms with Crippen molar-refractivity contribution in [2.24, 2.45) is 0 Å². The number of ether oxygens (including phenoxy) is 1. The summed E-state index contributed by atoms with van der Waals surface area (Å²) in [6.07, 6.45) is -0.603. The van der Waals surface area contributed by atoms with E-state index in [2.05, 4.69) is 0 Å². The Hall–Kier alpha value is -2.17. The minimum absolute atomic E-state index is 0.124. The molecule has 0 radical (unpaired) electrons. The van der Waals surface area contributed by atoms with Gasteiger partial charge in [-0.3, -0.25) is 14.4 Å². The molecule has 0 aromatic heterocycles. The van der Waals surface area contributed by atoms with E-state index in [0.717, 1.165) is 0 Å². The fraction of sp³-hybridized carbons (Fsp3) is 0.167. The molecule has 0 saturated heterocycles. The molecule has 0 amide bonds. The number of carbonyl (C=O) groups excluding carboxylic acids is 3. The minimum atomic E-state index is -0.742. The molecule has 0 heterocycles. The first kappa shape index (κ1) is 18.2. The molecular formula is C18H14Cl2O4. The summed E-state index contributed by atoms with van der Waals surface area (Å²) in [4.78, 5) is 36.1. The fourth-order valence-electron chi connectivity index (χ4n) is 2.08. The quantitative estimate of drug-likeness (QED) is 0.423. The molecule has 4 nitrogen and oxygen atoms in total. The topological polar surface area (TPSA) is 60.4 Å². The molecule has 0 spiro atoms. The van der Waals surface area contributed by atoms with Crippen molar-refractivity contribution in [2.45, 2.75) is 12.8 Å². The van der Waals surface area contributed by atoms with Crippen LogP contribution in [0, 0.1) is 0 Å². The largest absolute Gasteiger partial charge is 0.497 e. The van der Waals surface area contributed by atoms with Gasteiger partial charge in [-0.25, -0.2) is 0 Å². The Balaban J connectivity index is 2.01. The molecule has 2 aromatic carbocycles. The highest BCUT2D eigenvalue weighted by Crippen LogP contribution is 2.23. The Bertz CT molecular complexity index is 799. The lowest BCUT2D eigenvalue weighted by atomic mass is 10.0. The third-order valence-electron chi connectivity index (χ3n) is 3.37. The molecule has 2 aromatic rings. The van der Waals surface area contributed by atoms with E-state index < -0.39 is 23.8 Å². The number of halogens is 2. The van der Waals surface area contributed by atoms with Gasteiger partial charge in [0.2, 0.25) is 11.6 Å². The van der Waals surface area contributed by atoms with Gasteiger partial charge in [0.1, 0.15) is 5.75 Å². The summed E-state index contributed by atoms with van der Waals surface area (Å²) in [5.74, 6) is -1.31. The zero-order valence-electron chi connectivity index (χ0n) is 12.8. The molecule has 0 fully saturated rings. The number of hydrogen-bond donors (Lipinski definition) is 0. The molecular weight excluding hydrogens is 351 g/mol. The van der Waals surface area contributed by atoms with Crippen molar-refractivity contribution in [1.82, 2.24) is 0 Å². The highest BCUT2D eigenvalue weighted by atomic mass is 35.5. The Morgan fingerprint density at radius 2 is 1.71 bits per heavy atom. The van der Waals surface area contributed by atoms with Crippen molar-refractivity contribution in [3.05, 3.63) is 63.6 Å². The maximum absolute atomic E-state index is 12.1. The Labute approximate surface area is 149 Å². The number of carbonyl (C=O) groups is 3. The molecule has 0 aliphatic rings. The van der Waals surface area contributed by atoms with Crippen LogP contribution in [-0.4, -0.2) is 24.5 Å². The number of rotatable bonds is 7. The van der Waals surface area contributed by atoms with Crippen molar-refractivity contribution in [1.29, 1.82) is 0 Å². The smallest absolute Gasteiger partial charge is 0.206 e. The van der Waals surface area contributed by atoms with Gasteiger partial charge in [0, 0.05) is 12.0 Å². The van der Waals surface area contributed by atoms with E-state index in [-0.39, 0.29) is 6.42 Å². The molecule has 124 valence electrons. The van der Waals surface area contributed by atoms with Gasteiger partial charge < -0.3 is 4.74 Å². The van der Waals surface area contributed by atoms with E-state index in [1.54, 1.807) is 30.3 Å². The van der Waals surface area contributed by atoms with Gasteiger partial charge in [0.25, 0.3) is 0 Å². The number of Topliss-reactive ketones (excluding diaryl/α,β-unsaturated/α-hetero) is 3. The van der Waals surface area contributed by atoms with E-state index in [4.69, 9.17) is 27.9 Å². The predicted octanol–water partition coefficient (Wildman–Crippen LogP) is 3.96.